The van der Waals surface area contributed by atoms with Gasteiger partial charge in [0.1, 0.15) is 0 Å². The molecule has 0 amide bonds. The van der Waals surface area contributed by atoms with Crippen molar-refractivity contribution < 1.29 is 9.66 Å². The summed E-state index contributed by atoms with van der Waals surface area (Å²) < 4.78 is 6.94. The van der Waals surface area contributed by atoms with Crippen molar-refractivity contribution in [3.63, 3.8) is 0 Å². The van der Waals surface area contributed by atoms with E-state index in [-0.39, 0.29) is 11.4 Å². The van der Waals surface area contributed by atoms with Crippen molar-refractivity contribution in [2.75, 3.05) is 11.9 Å². The lowest BCUT2D eigenvalue weighted by molar-refractivity contribution is -0.385. The van der Waals surface area contributed by atoms with Gasteiger partial charge in [-0.2, -0.15) is 5.10 Å². The Morgan fingerprint density at radius 2 is 2.26 bits per heavy atom. The number of aromatic nitrogens is 2. The fraction of sp³-hybridized carbons (Fsp3) is 0.250. The summed E-state index contributed by atoms with van der Waals surface area (Å²) in [5, 5.41) is 18.1. The summed E-state index contributed by atoms with van der Waals surface area (Å²) in [5.41, 5.74) is 0.640. The molecule has 0 fully saturated rings. The number of rotatable bonds is 5. The molecule has 1 aromatic carbocycles. The lowest BCUT2D eigenvalue weighted by Gasteiger charge is -2.07. The third-order valence-electron chi connectivity index (χ3n) is 2.44. The molecule has 1 aromatic heterocycles. The number of anilines is 2. The zero-order valence-electron chi connectivity index (χ0n) is 10.7. The van der Waals surface area contributed by atoms with Crippen LogP contribution < -0.4 is 10.1 Å². The predicted molar refractivity (Wildman–Crippen MR) is 70.8 cm³/mol. The molecule has 0 radical (unpaired) electrons. The molecule has 1 heterocycles. The second-order valence-electron chi connectivity index (χ2n) is 3.87. The first-order valence-corrected chi connectivity index (χ1v) is 5.78. The molecular formula is C12H14N4O3. The van der Waals surface area contributed by atoms with Crippen LogP contribution in [0.4, 0.5) is 17.2 Å². The number of nitro benzene ring substituents is 1. The van der Waals surface area contributed by atoms with Crippen molar-refractivity contribution in [3.8, 4) is 5.75 Å². The van der Waals surface area contributed by atoms with Gasteiger partial charge in [0, 0.05) is 37.1 Å². The van der Waals surface area contributed by atoms with Crippen molar-refractivity contribution in [1.82, 2.24) is 9.78 Å². The number of hydrogen-bond acceptors (Lipinski definition) is 5. The molecule has 0 aliphatic carbocycles. The second kappa shape index (κ2) is 5.38. The highest BCUT2D eigenvalue weighted by molar-refractivity contribution is 5.63. The van der Waals surface area contributed by atoms with E-state index < -0.39 is 4.92 Å². The second-order valence-corrected chi connectivity index (χ2v) is 3.87. The van der Waals surface area contributed by atoms with Gasteiger partial charge in [0.15, 0.2) is 11.6 Å². The molecule has 100 valence electrons. The molecule has 0 saturated carbocycles. The van der Waals surface area contributed by atoms with Crippen LogP contribution >= 0.6 is 0 Å². The van der Waals surface area contributed by atoms with E-state index in [4.69, 9.17) is 4.74 Å². The summed E-state index contributed by atoms with van der Waals surface area (Å²) in [6, 6.07) is 6.43. The van der Waals surface area contributed by atoms with E-state index in [1.807, 2.05) is 13.1 Å². The van der Waals surface area contributed by atoms with Crippen molar-refractivity contribution in [1.29, 1.82) is 0 Å². The zero-order valence-corrected chi connectivity index (χ0v) is 10.7. The molecule has 0 atom stereocenters. The van der Waals surface area contributed by atoms with Crippen LogP contribution in [0.25, 0.3) is 0 Å². The van der Waals surface area contributed by atoms with Gasteiger partial charge in [-0.1, -0.05) is 0 Å². The fourth-order valence-electron chi connectivity index (χ4n) is 1.64. The van der Waals surface area contributed by atoms with Gasteiger partial charge in [-0.05, 0) is 13.0 Å². The Labute approximate surface area is 110 Å². The van der Waals surface area contributed by atoms with Gasteiger partial charge in [-0.25, -0.2) is 0 Å². The predicted octanol–water partition coefficient (Wildman–Crippen LogP) is 2.47. The lowest BCUT2D eigenvalue weighted by Crippen LogP contribution is -1.99. The minimum Gasteiger partial charge on any atom is -0.487 e. The van der Waals surface area contributed by atoms with Gasteiger partial charge in [-0.3, -0.25) is 14.8 Å². The molecule has 0 spiro atoms. The Kier molecular flexibility index (Phi) is 3.65. The van der Waals surface area contributed by atoms with E-state index in [1.54, 1.807) is 29.9 Å². The monoisotopic (exact) mass is 262 g/mol. The maximum absolute atomic E-state index is 10.9. The minimum absolute atomic E-state index is 0.0478. The van der Waals surface area contributed by atoms with Gasteiger partial charge in [0.2, 0.25) is 0 Å². The van der Waals surface area contributed by atoms with E-state index in [2.05, 4.69) is 10.4 Å². The summed E-state index contributed by atoms with van der Waals surface area (Å²) in [5.74, 6) is 0.909. The first kappa shape index (κ1) is 12.9. The van der Waals surface area contributed by atoms with Crippen molar-refractivity contribution in [2.24, 2.45) is 7.05 Å². The van der Waals surface area contributed by atoms with E-state index in [1.165, 1.54) is 6.07 Å². The van der Waals surface area contributed by atoms with E-state index >= 15 is 0 Å². The molecule has 0 aliphatic rings. The molecule has 1 N–H and O–H groups in total. The first-order chi connectivity index (χ1) is 9.10. The van der Waals surface area contributed by atoms with Crippen LogP contribution in [0.2, 0.25) is 0 Å². The average molecular weight is 262 g/mol. The number of hydrogen-bond donors (Lipinski definition) is 1. The maximum Gasteiger partial charge on any atom is 0.311 e. The van der Waals surface area contributed by atoms with Gasteiger partial charge in [0.25, 0.3) is 0 Å². The molecule has 2 aromatic rings. The smallest absolute Gasteiger partial charge is 0.311 e. The summed E-state index contributed by atoms with van der Waals surface area (Å²) in [4.78, 5) is 10.4. The van der Waals surface area contributed by atoms with E-state index in [9.17, 15) is 10.1 Å². The number of ether oxygens (including phenoxy) is 1. The highest BCUT2D eigenvalue weighted by Gasteiger charge is 2.15. The summed E-state index contributed by atoms with van der Waals surface area (Å²) in [6.45, 7) is 2.15. The number of nitro groups is 1. The highest BCUT2D eigenvalue weighted by atomic mass is 16.6. The summed E-state index contributed by atoms with van der Waals surface area (Å²) in [7, 11) is 1.81. The topological polar surface area (TPSA) is 82.2 Å². The number of benzene rings is 1. The first-order valence-electron chi connectivity index (χ1n) is 5.78. The van der Waals surface area contributed by atoms with Gasteiger partial charge >= 0.3 is 5.69 Å². The number of nitrogens with zero attached hydrogens (tertiary/aromatic N) is 3. The fourth-order valence-corrected chi connectivity index (χ4v) is 1.64. The van der Waals surface area contributed by atoms with Crippen LogP contribution in [-0.4, -0.2) is 21.3 Å². The standard InChI is InChI=1S/C12H14N4O3/c1-3-19-11-8-9(4-5-10(11)16(17)18)13-12-6-7-15(2)14-12/h4-8H,3H2,1-2H3,(H,13,14). The van der Waals surface area contributed by atoms with Crippen LogP contribution in [-0.2, 0) is 7.05 Å². The van der Waals surface area contributed by atoms with Gasteiger partial charge in [-0.15, -0.1) is 0 Å². The van der Waals surface area contributed by atoms with Crippen LogP contribution in [0.5, 0.6) is 5.75 Å². The Morgan fingerprint density at radius 1 is 1.47 bits per heavy atom. The highest BCUT2D eigenvalue weighted by Crippen LogP contribution is 2.31. The number of aryl methyl sites for hydroxylation is 1. The van der Waals surface area contributed by atoms with Crippen LogP contribution in [0.3, 0.4) is 0 Å². The normalized spacial score (nSPS) is 10.2. The maximum atomic E-state index is 10.9. The lowest BCUT2D eigenvalue weighted by atomic mass is 10.2. The Morgan fingerprint density at radius 3 is 2.84 bits per heavy atom. The molecule has 0 saturated heterocycles. The van der Waals surface area contributed by atoms with E-state index in [0.717, 1.165) is 0 Å². The van der Waals surface area contributed by atoms with Crippen molar-refractivity contribution >= 4 is 17.2 Å². The molecular weight excluding hydrogens is 248 g/mol. The van der Waals surface area contributed by atoms with Gasteiger partial charge in [0.05, 0.1) is 11.5 Å². The largest absolute Gasteiger partial charge is 0.487 e. The van der Waals surface area contributed by atoms with Crippen molar-refractivity contribution in [3.05, 3.63) is 40.6 Å². The van der Waals surface area contributed by atoms with E-state index in [0.29, 0.717) is 18.1 Å². The average Bonchev–Trinajstić information content (AvgIpc) is 2.75. The zero-order chi connectivity index (χ0) is 13.8. The third-order valence-corrected chi connectivity index (χ3v) is 2.44. The Hall–Kier alpha value is -2.57. The quantitative estimate of drug-likeness (QED) is 0.661. The molecule has 7 nitrogen and oxygen atoms in total. The molecule has 0 unspecified atom stereocenters. The van der Waals surface area contributed by atoms with Gasteiger partial charge < -0.3 is 10.1 Å². The molecule has 0 aliphatic heterocycles. The Balaban J connectivity index is 2.27. The van der Waals surface area contributed by atoms with Crippen LogP contribution in [0, 0.1) is 10.1 Å². The molecule has 0 bridgehead atoms. The third kappa shape index (κ3) is 3.01. The molecule has 19 heavy (non-hydrogen) atoms. The molecule has 2 rings (SSSR count). The van der Waals surface area contributed by atoms with Crippen LogP contribution in [0.1, 0.15) is 6.92 Å². The number of nitrogens with one attached hydrogen (secondary N) is 1. The molecule has 7 heteroatoms. The summed E-state index contributed by atoms with van der Waals surface area (Å²) >= 11 is 0. The van der Waals surface area contributed by atoms with Crippen LogP contribution in [0.15, 0.2) is 30.5 Å². The Bertz CT molecular complexity index is 594. The van der Waals surface area contributed by atoms with Crippen molar-refractivity contribution in [2.45, 2.75) is 6.92 Å². The SMILES string of the molecule is CCOc1cc(Nc2ccn(C)n2)ccc1[N+](=O)[O-]. The summed E-state index contributed by atoms with van der Waals surface area (Å²) in [6.07, 6.45) is 1.80. The minimum atomic E-state index is -0.463.